The summed E-state index contributed by atoms with van der Waals surface area (Å²) >= 11 is 0. The van der Waals surface area contributed by atoms with Gasteiger partial charge in [-0.05, 0) is 24.3 Å². The van der Waals surface area contributed by atoms with Crippen LogP contribution in [0.5, 0.6) is 11.6 Å². The predicted molar refractivity (Wildman–Crippen MR) is 114 cm³/mol. The molecule has 4 N–H and O–H groups in total. The van der Waals surface area contributed by atoms with E-state index < -0.39 is 44.4 Å². The number of nitrogens with two attached hydrogens (primary N) is 1. The summed E-state index contributed by atoms with van der Waals surface area (Å²) in [7, 11) is -3.28. The average Bonchev–Trinajstić information content (AvgIpc) is 2.81. The molecule has 33 heavy (non-hydrogen) atoms. The maximum absolute atomic E-state index is 15.0. The van der Waals surface area contributed by atoms with Crippen molar-refractivity contribution in [3.63, 3.8) is 0 Å². The Morgan fingerprint density at radius 1 is 1.27 bits per heavy atom. The molecule has 0 saturated carbocycles. The van der Waals surface area contributed by atoms with E-state index in [-0.39, 0.29) is 28.6 Å². The van der Waals surface area contributed by atoms with Crippen molar-refractivity contribution in [1.82, 2.24) is 9.97 Å². The Morgan fingerprint density at radius 3 is 2.70 bits per heavy atom. The number of sulfonamides is 1. The second kappa shape index (κ2) is 9.45. The Balaban J connectivity index is 1.91. The summed E-state index contributed by atoms with van der Waals surface area (Å²) < 4.78 is 67.2. The molecule has 2 heterocycles. The van der Waals surface area contributed by atoms with Gasteiger partial charge in [0.1, 0.15) is 30.1 Å². The molecule has 170 valence electrons. The van der Waals surface area contributed by atoms with Crippen LogP contribution in [-0.4, -0.2) is 31.7 Å². The van der Waals surface area contributed by atoms with Crippen molar-refractivity contribution >= 4 is 27.7 Å². The highest BCUT2D eigenvalue weighted by atomic mass is 32.2. The quantitative estimate of drug-likeness (QED) is 0.419. The van der Waals surface area contributed by atoms with Gasteiger partial charge in [0.15, 0.2) is 10.7 Å². The number of hydrogen-bond acceptors (Lipinski definition) is 9. The summed E-state index contributed by atoms with van der Waals surface area (Å²) in [5, 5.41) is 16.3. The van der Waals surface area contributed by atoms with Gasteiger partial charge in [0.05, 0.1) is 30.1 Å². The van der Waals surface area contributed by atoms with Crippen LogP contribution < -0.4 is 19.9 Å². The number of pyridine rings is 2. The van der Waals surface area contributed by atoms with E-state index in [0.29, 0.717) is 0 Å². The van der Waals surface area contributed by atoms with Crippen LogP contribution >= 0.6 is 0 Å². The van der Waals surface area contributed by atoms with Crippen LogP contribution in [-0.2, 0) is 16.6 Å². The second-order valence-corrected chi connectivity index (χ2v) is 8.07. The van der Waals surface area contributed by atoms with Crippen molar-refractivity contribution in [2.24, 2.45) is 0 Å². The summed E-state index contributed by atoms with van der Waals surface area (Å²) in [4.78, 5) is 7.06. The normalized spacial score (nSPS) is 10.8. The van der Waals surface area contributed by atoms with Crippen molar-refractivity contribution in [2.45, 2.75) is 11.5 Å². The molecule has 0 spiro atoms. The molecule has 0 radical (unpaired) electrons. The number of hydrogen-bond donors (Lipinski definition) is 3. The predicted octanol–water partition coefficient (Wildman–Crippen LogP) is 2.59. The van der Waals surface area contributed by atoms with E-state index in [0.717, 1.165) is 30.6 Å². The molecular formula is C20H16F2N6O4S. The summed E-state index contributed by atoms with van der Waals surface area (Å²) in [6.07, 6.45) is 3.27. The van der Waals surface area contributed by atoms with Crippen molar-refractivity contribution < 1.29 is 26.7 Å². The van der Waals surface area contributed by atoms with Crippen LogP contribution in [0.15, 0.2) is 41.6 Å². The molecular weight excluding hydrogens is 458 g/mol. The first-order chi connectivity index (χ1) is 15.7. The monoisotopic (exact) mass is 474 g/mol. The average molecular weight is 474 g/mol. The number of halogens is 2. The van der Waals surface area contributed by atoms with Gasteiger partial charge in [-0.1, -0.05) is 0 Å². The third-order valence-corrected chi connectivity index (χ3v) is 5.68. The van der Waals surface area contributed by atoms with Gasteiger partial charge in [0.2, 0.25) is 5.88 Å². The summed E-state index contributed by atoms with van der Waals surface area (Å²) in [6, 6.07) is 5.88. The first kappa shape index (κ1) is 23.4. The molecule has 0 amide bonds. The molecule has 0 bridgehead atoms. The largest absolute Gasteiger partial charge is 0.487 e. The number of ether oxygens (including phenoxy) is 2. The Labute approximate surface area is 187 Å². The van der Waals surface area contributed by atoms with Gasteiger partial charge in [-0.15, -0.1) is 0 Å². The number of nitrogen functional groups attached to an aromatic ring is 1. The molecule has 0 unspecified atom stereocenters. The van der Waals surface area contributed by atoms with E-state index >= 15 is 4.39 Å². The second-order valence-electron chi connectivity index (χ2n) is 6.41. The van der Waals surface area contributed by atoms with Gasteiger partial charge in [-0.3, -0.25) is 4.72 Å². The fraction of sp³-hybridized carbons (Fsp3) is 0.100. The zero-order valence-electron chi connectivity index (χ0n) is 17.0. The molecule has 0 aliphatic carbocycles. The molecule has 0 aliphatic rings. The lowest BCUT2D eigenvalue weighted by atomic mass is 10.2. The molecule has 3 aromatic rings. The zero-order chi connectivity index (χ0) is 24.2. The SMILES string of the molecule is COc1ncc(C#N)cc1S(=O)(=O)Nc1ccc(F)c(COc2cnc(N)c(C=N)c2)c1F. The van der Waals surface area contributed by atoms with E-state index in [2.05, 4.69) is 9.97 Å². The standard InChI is InChI=1S/C20H16F2N6O4S/c1-31-20-17(4-11(6-23)8-27-20)33(29,30)28-16-3-2-15(21)14(18(16)22)10-32-13-5-12(7-24)19(25)26-9-13/h2-5,7-9,24,28H,10H2,1H3,(H2,25,26). The van der Waals surface area contributed by atoms with Crippen molar-refractivity contribution in [1.29, 1.82) is 10.7 Å². The van der Waals surface area contributed by atoms with Crippen LogP contribution in [0.3, 0.4) is 0 Å². The van der Waals surface area contributed by atoms with Crippen LogP contribution in [0.4, 0.5) is 20.3 Å². The van der Waals surface area contributed by atoms with Crippen molar-refractivity contribution in [3.8, 4) is 17.7 Å². The molecule has 0 fully saturated rings. The van der Waals surface area contributed by atoms with Gasteiger partial charge in [-0.25, -0.2) is 27.2 Å². The Kier molecular flexibility index (Phi) is 6.69. The maximum Gasteiger partial charge on any atom is 0.267 e. The Morgan fingerprint density at radius 2 is 2.03 bits per heavy atom. The summed E-state index contributed by atoms with van der Waals surface area (Å²) in [6.45, 7) is -0.606. The summed E-state index contributed by atoms with van der Waals surface area (Å²) in [5.74, 6) is -2.33. The lowest BCUT2D eigenvalue weighted by molar-refractivity contribution is 0.292. The minimum Gasteiger partial charge on any atom is -0.487 e. The highest BCUT2D eigenvalue weighted by Gasteiger charge is 2.25. The zero-order valence-corrected chi connectivity index (χ0v) is 17.8. The number of aromatic nitrogens is 2. The highest BCUT2D eigenvalue weighted by molar-refractivity contribution is 7.92. The van der Waals surface area contributed by atoms with Gasteiger partial charge >= 0.3 is 0 Å². The van der Waals surface area contributed by atoms with E-state index in [4.69, 9.17) is 25.9 Å². The van der Waals surface area contributed by atoms with Crippen LogP contribution in [0, 0.1) is 28.4 Å². The smallest absolute Gasteiger partial charge is 0.267 e. The van der Waals surface area contributed by atoms with E-state index in [9.17, 15) is 12.8 Å². The van der Waals surface area contributed by atoms with E-state index in [1.165, 1.54) is 19.4 Å². The van der Waals surface area contributed by atoms with E-state index in [1.807, 2.05) is 4.72 Å². The molecule has 3 rings (SSSR count). The van der Waals surface area contributed by atoms with Gasteiger partial charge < -0.3 is 20.6 Å². The molecule has 0 aliphatic heterocycles. The number of anilines is 2. The third-order valence-electron chi connectivity index (χ3n) is 4.32. The topological polar surface area (TPSA) is 164 Å². The van der Waals surface area contributed by atoms with Gasteiger partial charge in [0.25, 0.3) is 10.0 Å². The first-order valence-corrected chi connectivity index (χ1v) is 10.5. The van der Waals surface area contributed by atoms with Crippen LogP contribution in [0.25, 0.3) is 0 Å². The number of methoxy groups -OCH3 is 1. The molecule has 10 nitrogen and oxygen atoms in total. The number of benzene rings is 1. The highest BCUT2D eigenvalue weighted by Crippen LogP contribution is 2.28. The van der Waals surface area contributed by atoms with Crippen LogP contribution in [0.1, 0.15) is 16.7 Å². The minimum atomic E-state index is -4.46. The van der Waals surface area contributed by atoms with Crippen molar-refractivity contribution in [3.05, 3.63) is 65.0 Å². The molecule has 1 aromatic carbocycles. The number of nitrogens with one attached hydrogen (secondary N) is 2. The van der Waals surface area contributed by atoms with E-state index in [1.54, 1.807) is 6.07 Å². The Hall–Kier alpha value is -4.31. The molecule has 2 aromatic heterocycles. The fourth-order valence-corrected chi connectivity index (χ4v) is 3.87. The number of nitriles is 1. The fourth-order valence-electron chi connectivity index (χ4n) is 2.67. The number of rotatable bonds is 8. The molecule has 13 heteroatoms. The summed E-state index contributed by atoms with van der Waals surface area (Å²) in [5.41, 5.74) is 4.65. The molecule has 0 saturated heterocycles. The molecule has 0 atom stereocenters. The number of nitrogens with zero attached hydrogens (tertiary/aromatic N) is 3. The first-order valence-electron chi connectivity index (χ1n) is 9.02. The Bertz CT molecular complexity index is 1380. The third kappa shape index (κ3) is 4.96. The maximum atomic E-state index is 15.0. The van der Waals surface area contributed by atoms with Gasteiger partial charge in [0, 0.05) is 18.0 Å². The van der Waals surface area contributed by atoms with Crippen molar-refractivity contribution in [2.75, 3.05) is 17.6 Å². The lowest BCUT2D eigenvalue weighted by Crippen LogP contribution is -2.17. The minimum absolute atomic E-state index is 0.0637. The van der Waals surface area contributed by atoms with Gasteiger partial charge in [-0.2, -0.15) is 5.26 Å². The van der Waals surface area contributed by atoms with Crippen LogP contribution in [0.2, 0.25) is 0 Å². The lowest BCUT2D eigenvalue weighted by Gasteiger charge is -2.14.